The molecule has 3 rings (SSSR count). The third kappa shape index (κ3) is 3.30. The number of benzene rings is 2. The number of nitrogens with one attached hydrogen (secondary N) is 2. The third-order valence-electron chi connectivity index (χ3n) is 3.38. The van der Waals surface area contributed by atoms with Gasteiger partial charge in [0.2, 0.25) is 11.9 Å². The quantitative estimate of drug-likeness (QED) is 0.645. The lowest BCUT2D eigenvalue weighted by atomic mass is 9.95. The van der Waals surface area contributed by atoms with Gasteiger partial charge in [0.05, 0.1) is 5.02 Å². The van der Waals surface area contributed by atoms with E-state index in [-0.39, 0.29) is 22.5 Å². The van der Waals surface area contributed by atoms with Crippen molar-refractivity contribution in [3.05, 3.63) is 53.1 Å². The molecule has 5 nitrogen and oxygen atoms in total. The van der Waals surface area contributed by atoms with Gasteiger partial charge < -0.3 is 11.1 Å². The number of hydrogen-bond donors (Lipinski definition) is 3. The molecule has 124 valence electrons. The van der Waals surface area contributed by atoms with E-state index >= 15 is 0 Å². The van der Waals surface area contributed by atoms with Gasteiger partial charge in [0.1, 0.15) is 0 Å². The first kappa shape index (κ1) is 16.2. The topological polar surface area (TPSA) is 79.6 Å². The molecule has 0 aliphatic carbocycles. The number of hydrogen-bond acceptors (Lipinski definition) is 4. The molecule has 1 heterocycles. The van der Waals surface area contributed by atoms with Crippen LogP contribution in [0.1, 0.15) is 12.5 Å². The summed E-state index contributed by atoms with van der Waals surface area (Å²) < 4.78 is 28.3. The van der Waals surface area contributed by atoms with Gasteiger partial charge in [0, 0.05) is 23.7 Å². The number of H-pyrrole nitrogens is 1. The molecule has 0 saturated carbocycles. The molecule has 0 bridgehead atoms. The molecular formula is C16H14ClF2N5. The van der Waals surface area contributed by atoms with Crippen LogP contribution >= 0.6 is 11.6 Å². The number of anilines is 3. The van der Waals surface area contributed by atoms with E-state index in [1.165, 1.54) is 6.07 Å². The van der Waals surface area contributed by atoms with Crippen molar-refractivity contribution in [2.75, 3.05) is 11.1 Å². The molecule has 0 spiro atoms. The fraction of sp³-hybridized carbons (Fsp3) is 0.125. The lowest BCUT2D eigenvalue weighted by Crippen LogP contribution is -2.10. The molecule has 0 fully saturated rings. The first-order valence-corrected chi connectivity index (χ1v) is 7.44. The fourth-order valence-corrected chi connectivity index (χ4v) is 2.71. The highest BCUT2D eigenvalue weighted by atomic mass is 35.5. The van der Waals surface area contributed by atoms with E-state index in [9.17, 15) is 8.78 Å². The Kier molecular flexibility index (Phi) is 4.11. The van der Waals surface area contributed by atoms with Crippen LogP contribution in [0.3, 0.4) is 0 Å². The average molecular weight is 350 g/mol. The van der Waals surface area contributed by atoms with E-state index in [1.807, 2.05) is 6.07 Å². The Morgan fingerprint density at radius 3 is 2.50 bits per heavy atom. The molecule has 0 amide bonds. The monoisotopic (exact) mass is 349 g/mol. The summed E-state index contributed by atoms with van der Waals surface area (Å²) in [6, 6.07) is 11.7. The second-order valence-electron chi connectivity index (χ2n) is 5.30. The van der Waals surface area contributed by atoms with Crippen LogP contribution in [-0.4, -0.2) is 15.2 Å². The molecule has 0 aliphatic heterocycles. The Bertz CT molecular complexity index is 859. The molecule has 0 radical (unpaired) electrons. The predicted molar refractivity (Wildman–Crippen MR) is 90.5 cm³/mol. The maximum atomic E-state index is 14.2. The number of nitrogens with zero attached hydrogens (tertiary/aromatic N) is 2. The van der Waals surface area contributed by atoms with Crippen LogP contribution in [0.15, 0.2) is 42.5 Å². The summed E-state index contributed by atoms with van der Waals surface area (Å²) in [6.07, 6.45) is 0. The van der Waals surface area contributed by atoms with Gasteiger partial charge in [-0.1, -0.05) is 41.9 Å². The van der Waals surface area contributed by atoms with E-state index in [0.717, 1.165) is 6.92 Å². The number of nitrogens with two attached hydrogens (primary N) is 1. The van der Waals surface area contributed by atoms with Crippen molar-refractivity contribution in [2.45, 2.75) is 12.8 Å². The highest BCUT2D eigenvalue weighted by Gasteiger charge is 2.30. The summed E-state index contributed by atoms with van der Waals surface area (Å²) in [5.74, 6) is -2.79. The van der Waals surface area contributed by atoms with Gasteiger partial charge in [-0.2, -0.15) is 4.98 Å². The minimum atomic E-state index is -3.08. The average Bonchev–Trinajstić information content (AvgIpc) is 2.92. The molecule has 2 aromatic carbocycles. The maximum Gasteiger partial charge on any atom is 0.271 e. The van der Waals surface area contributed by atoms with Gasteiger partial charge in [-0.3, -0.25) is 0 Å². The normalized spacial score (nSPS) is 11.5. The fourth-order valence-electron chi connectivity index (χ4n) is 2.38. The molecule has 1 aromatic heterocycles. The molecule has 0 unspecified atom stereocenters. The predicted octanol–water partition coefficient (Wildman–Crippen LogP) is 4.56. The number of aromatic amines is 1. The molecular weight excluding hydrogens is 336 g/mol. The van der Waals surface area contributed by atoms with Gasteiger partial charge in [0.25, 0.3) is 5.92 Å². The van der Waals surface area contributed by atoms with Gasteiger partial charge in [0.15, 0.2) is 0 Å². The molecule has 8 heteroatoms. The third-order valence-corrected chi connectivity index (χ3v) is 3.68. The minimum absolute atomic E-state index is 0.116. The maximum absolute atomic E-state index is 14.2. The standard InChI is InChI=1S/C16H14ClF2N5/c1-16(18,19)11-7-10(21-15-22-14(20)23-24-15)8-12(17)13(11)9-5-3-2-4-6-9/h2-8H,1H3,(H4,20,21,22,23,24). The summed E-state index contributed by atoms with van der Waals surface area (Å²) in [7, 11) is 0. The van der Waals surface area contributed by atoms with Gasteiger partial charge in [-0.05, 0) is 17.7 Å². The lowest BCUT2D eigenvalue weighted by molar-refractivity contribution is 0.0181. The Labute approximate surface area is 141 Å². The number of aromatic nitrogens is 3. The molecule has 24 heavy (non-hydrogen) atoms. The minimum Gasteiger partial charge on any atom is -0.368 e. The zero-order valence-corrected chi connectivity index (χ0v) is 13.4. The van der Waals surface area contributed by atoms with Crippen LogP contribution in [0.2, 0.25) is 5.02 Å². The van der Waals surface area contributed by atoms with Crippen molar-refractivity contribution in [3.8, 4) is 11.1 Å². The lowest BCUT2D eigenvalue weighted by Gasteiger charge is -2.19. The first-order valence-electron chi connectivity index (χ1n) is 7.07. The van der Waals surface area contributed by atoms with Crippen molar-refractivity contribution in [1.29, 1.82) is 0 Å². The summed E-state index contributed by atoms with van der Waals surface area (Å²) in [5.41, 5.74) is 6.52. The van der Waals surface area contributed by atoms with Crippen molar-refractivity contribution in [3.63, 3.8) is 0 Å². The van der Waals surface area contributed by atoms with Crippen LogP contribution in [0.25, 0.3) is 11.1 Å². The summed E-state index contributed by atoms with van der Waals surface area (Å²) in [5, 5.41) is 9.27. The Balaban J connectivity index is 2.11. The van der Waals surface area contributed by atoms with E-state index in [2.05, 4.69) is 20.5 Å². The number of rotatable bonds is 4. The molecule has 0 saturated heterocycles. The van der Waals surface area contributed by atoms with Crippen LogP contribution in [0, 0.1) is 0 Å². The zero-order valence-electron chi connectivity index (χ0n) is 12.6. The number of halogens is 3. The highest BCUT2D eigenvalue weighted by Crippen LogP contribution is 2.42. The van der Waals surface area contributed by atoms with Gasteiger partial charge in [-0.25, -0.2) is 13.9 Å². The molecule has 3 aromatic rings. The van der Waals surface area contributed by atoms with Gasteiger partial charge >= 0.3 is 0 Å². The Morgan fingerprint density at radius 1 is 1.21 bits per heavy atom. The van der Waals surface area contributed by atoms with E-state index < -0.39 is 5.92 Å². The second-order valence-corrected chi connectivity index (χ2v) is 5.71. The number of alkyl halides is 2. The number of nitrogen functional groups attached to an aromatic ring is 1. The van der Waals surface area contributed by atoms with E-state index in [0.29, 0.717) is 16.8 Å². The smallest absolute Gasteiger partial charge is 0.271 e. The van der Waals surface area contributed by atoms with E-state index in [1.54, 1.807) is 30.3 Å². The summed E-state index contributed by atoms with van der Waals surface area (Å²) in [4.78, 5) is 3.88. The van der Waals surface area contributed by atoms with Crippen LogP contribution in [0.5, 0.6) is 0 Å². The molecule has 4 N–H and O–H groups in total. The van der Waals surface area contributed by atoms with Crippen LogP contribution in [0.4, 0.5) is 26.4 Å². The second kappa shape index (κ2) is 6.09. The highest BCUT2D eigenvalue weighted by molar-refractivity contribution is 6.33. The Morgan fingerprint density at radius 2 is 1.92 bits per heavy atom. The van der Waals surface area contributed by atoms with Crippen molar-refractivity contribution in [2.24, 2.45) is 0 Å². The van der Waals surface area contributed by atoms with E-state index in [4.69, 9.17) is 17.3 Å². The van der Waals surface area contributed by atoms with Crippen LogP contribution in [-0.2, 0) is 5.92 Å². The molecule has 0 aliphatic rings. The first-order chi connectivity index (χ1) is 11.3. The zero-order chi connectivity index (χ0) is 17.3. The summed E-state index contributed by atoms with van der Waals surface area (Å²) >= 11 is 6.30. The van der Waals surface area contributed by atoms with Crippen molar-refractivity contribution in [1.82, 2.24) is 15.2 Å². The summed E-state index contributed by atoms with van der Waals surface area (Å²) in [6.45, 7) is 0.833. The van der Waals surface area contributed by atoms with Gasteiger partial charge in [-0.15, -0.1) is 5.10 Å². The van der Waals surface area contributed by atoms with Crippen molar-refractivity contribution >= 4 is 29.2 Å². The van der Waals surface area contributed by atoms with Crippen molar-refractivity contribution < 1.29 is 8.78 Å². The largest absolute Gasteiger partial charge is 0.368 e. The Hall–Kier alpha value is -2.67. The SMILES string of the molecule is CC(F)(F)c1cc(Nc2n[nH]c(N)n2)cc(Cl)c1-c1ccccc1. The molecule has 0 atom stereocenters. The van der Waals surface area contributed by atoms with Crippen LogP contribution < -0.4 is 11.1 Å².